The molecule has 1 fully saturated rings. The van der Waals surface area contributed by atoms with Crippen LogP contribution in [0, 0.1) is 0 Å². The van der Waals surface area contributed by atoms with Crippen LogP contribution in [0.15, 0.2) is 6.07 Å². The van der Waals surface area contributed by atoms with Gasteiger partial charge in [-0.05, 0) is 13.3 Å². The monoisotopic (exact) mass is 273 g/mol. The quantitative estimate of drug-likeness (QED) is 0.785. The van der Waals surface area contributed by atoms with Gasteiger partial charge in [-0.25, -0.2) is 13.1 Å². The molecule has 102 valence electrons. The Morgan fingerprint density at radius 1 is 1.61 bits per heavy atom. The van der Waals surface area contributed by atoms with Crippen molar-refractivity contribution in [3.05, 3.63) is 11.8 Å². The van der Waals surface area contributed by atoms with Crippen LogP contribution in [0.25, 0.3) is 0 Å². The summed E-state index contributed by atoms with van der Waals surface area (Å²) in [6.07, 6.45) is 1.30. The van der Waals surface area contributed by atoms with Crippen molar-refractivity contribution < 1.29 is 13.2 Å². The maximum absolute atomic E-state index is 11.4. The standard InChI is InChI=1S/C11H19N3O3S/c1-2-17-5-3-9-7-11(12)14(13-9)10-4-6-18(15,16)8-10/h7,10H,2-6,8,12H2,1H3. The molecule has 1 aliphatic rings. The van der Waals surface area contributed by atoms with Gasteiger partial charge in [0.25, 0.3) is 0 Å². The van der Waals surface area contributed by atoms with E-state index in [2.05, 4.69) is 5.10 Å². The molecule has 2 heterocycles. The van der Waals surface area contributed by atoms with E-state index >= 15 is 0 Å². The largest absolute Gasteiger partial charge is 0.384 e. The number of aromatic nitrogens is 2. The second-order valence-electron chi connectivity index (χ2n) is 4.51. The normalized spacial score (nSPS) is 22.4. The number of sulfone groups is 1. The van der Waals surface area contributed by atoms with Crippen molar-refractivity contribution >= 4 is 15.7 Å². The van der Waals surface area contributed by atoms with Gasteiger partial charge in [0, 0.05) is 19.1 Å². The molecule has 1 atom stereocenters. The summed E-state index contributed by atoms with van der Waals surface area (Å²) >= 11 is 0. The first kappa shape index (κ1) is 13.4. The molecule has 0 amide bonds. The average Bonchev–Trinajstić information content (AvgIpc) is 2.82. The Hall–Kier alpha value is -1.08. The van der Waals surface area contributed by atoms with Gasteiger partial charge in [-0.1, -0.05) is 0 Å². The minimum absolute atomic E-state index is 0.115. The second-order valence-corrected chi connectivity index (χ2v) is 6.74. The van der Waals surface area contributed by atoms with E-state index in [1.807, 2.05) is 6.92 Å². The van der Waals surface area contributed by atoms with Crippen molar-refractivity contribution in [1.82, 2.24) is 9.78 Å². The lowest BCUT2D eigenvalue weighted by Gasteiger charge is -2.09. The molecule has 0 aliphatic carbocycles. The summed E-state index contributed by atoms with van der Waals surface area (Å²) < 4.78 is 29.8. The van der Waals surface area contributed by atoms with Gasteiger partial charge in [0.05, 0.1) is 29.8 Å². The molecule has 1 unspecified atom stereocenters. The Morgan fingerprint density at radius 3 is 3.00 bits per heavy atom. The molecule has 1 saturated heterocycles. The third-order valence-electron chi connectivity index (χ3n) is 3.08. The molecule has 2 N–H and O–H groups in total. The number of rotatable bonds is 5. The van der Waals surface area contributed by atoms with Crippen molar-refractivity contribution in [2.75, 3.05) is 30.5 Å². The zero-order chi connectivity index (χ0) is 13.2. The molecule has 2 rings (SSSR count). The van der Waals surface area contributed by atoms with Crippen molar-refractivity contribution in [1.29, 1.82) is 0 Å². The van der Waals surface area contributed by atoms with Crippen LogP contribution >= 0.6 is 0 Å². The highest BCUT2D eigenvalue weighted by Gasteiger charge is 2.30. The van der Waals surface area contributed by atoms with E-state index in [0.29, 0.717) is 31.9 Å². The van der Waals surface area contributed by atoms with Crippen molar-refractivity contribution in [2.24, 2.45) is 0 Å². The Bertz CT molecular complexity index is 510. The maximum atomic E-state index is 11.4. The Labute approximate surface area is 107 Å². The summed E-state index contributed by atoms with van der Waals surface area (Å²) in [4.78, 5) is 0. The third-order valence-corrected chi connectivity index (χ3v) is 4.83. The Balaban J connectivity index is 2.05. The number of nitrogen functional groups attached to an aromatic ring is 1. The minimum Gasteiger partial charge on any atom is -0.384 e. The fourth-order valence-electron chi connectivity index (χ4n) is 2.17. The first-order valence-corrected chi connectivity index (χ1v) is 7.96. The van der Waals surface area contributed by atoms with E-state index in [0.717, 1.165) is 5.69 Å². The predicted molar refractivity (Wildman–Crippen MR) is 69.1 cm³/mol. The highest BCUT2D eigenvalue weighted by Crippen LogP contribution is 2.25. The molecule has 0 bridgehead atoms. The molecular formula is C11H19N3O3S. The molecule has 1 aliphatic heterocycles. The fourth-order valence-corrected chi connectivity index (χ4v) is 3.86. The molecule has 6 nitrogen and oxygen atoms in total. The van der Waals surface area contributed by atoms with E-state index < -0.39 is 9.84 Å². The number of hydrogen-bond donors (Lipinski definition) is 1. The first-order chi connectivity index (χ1) is 8.52. The fraction of sp³-hybridized carbons (Fsp3) is 0.727. The van der Waals surface area contributed by atoms with E-state index in [-0.39, 0.29) is 17.5 Å². The van der Waals surface area contributed by atoms with Gasteiger partial charge in [-0.15, -0.1) is 0 Å². The summed E-state index contributed by atoms with van der Waals surface area (Å²) in [7, 11) is -2.91. The topological polar surface area (TPSA) is 87.2 Å². The lowest BCUT2D eigenvalue weighted by atomic mass is 10.3. The number of ether oxygens (including phenoxy) is 1. The summed E-state index contributed by atoms with van der Waals surface area (Å²) in [6.45, 7) is 3.23. The number of nitrogens with zero attached hydrogens (tertiary/aromatic N) is 2. The zero-order valence-electron chi connectivity index (χ0n) is 10.5. The van der Waals surface area contributed by atoms with Gasteiger partial charge < -0.3 is 10.5 Å². The SMILES string of the molecule is CCOCCc1cc(N)n(C2CCS(=O)(=O)C2)n1. The number of nitrogens with two attached hydrogens (primary N) is 1. The molecule has 7 heteroatoms. The van der Waals surface area contributed by atoms with Gasteiger partial charge in [0.1, 0.15) is 5.82 Å². The summed E-state index contributed by atoms with van der Waals surface area (Å²) in [5.74, 6) is 0.901. The van der Waals surface area contributed by atoms with Crippen LogP contribution in [-0.4, -0.2) is 42.9 Å². The van der Waals surface area contributed by atoms with Crippen molar-refractivity contribution in [3.63, 3.8) is 0 Å². The van der Waals surface area contributed by atoms with E-state index in [9.17, 15) is 8.42 Å². The van der Waals surface area contributed by atoms with Crippen LogP contribution in [0.4, 0.5) is 5.82 Å². The summed E-state index contributed by atoms with van der Waals surface area (Å²) in [5.41, 5.74) is 6.73. The Kier molecular flexibility index (Phi) is 3.91. The summed E-state index contributed by atoms with van der Waals surface area (Å²) in [5, 5.41) is 4.38. The molecule has 0 spiro atoms. The molecule has 1 aromatic heterocycles. The van der Waals surface area contributed by atoms with Crippen molar-refractivity contribution in [3.8, 4) is 0 Å². The lowest BCUT2D eigenvalue weighted by molar-refractivity contribution is 0.150. The molecule has 0 saturated carbocycles. The highest BCUT2D eigenvalue weighted by molar-refractivity contribution is 7.91. The molecule has 0 radical (unpaired) electrons. The van der Waals surface area contributed by atoms with Gasteiger partial charge in [0.2, 0.25) is 0 Å². The van der Waals surface area contributed by atoms with Gasteiger partial charge >= 0.3 is 0 Å². The van der Waals surface area contributed by atoms with Crippen LogP contribution in [0.5, 0.6) is 0 Å². The predicted octanol–water partition coefficient (Wildman–Crippen LogP) is 0.404. The van der Waals surface area contributed by atoms with Crippen LogP contribution in [0.1, 0.15) is 25.1 Å². The lowest BCUT2D eigenvalue weighted by Crippen LogP contribution is -2.15. The highest BCUT2D eigenvalue weighted by atomic mass is 32.2. The van der Waals surface area contributed by atoms with E-state index in [1.54, 1.807) is 10.7 Å². The summed E-state index contributed by atoms with van der Waals surface area (Å²) in [6, 6.07) is 1.68. The van der Waals surface area contributed by atoms with Crippen LogP contribution in [-0.2, 0) is 21.0 Å². The van der Waals surface area contributed by atoms with Crippen molar-refractivity contribution in [2.45, 2.75) is 25.8 Å². The van der Waals surface area contributed by atoms with Gasteiger partial charge in [-0.3, -0.25) is 0 Å². The zero-order valence-corrected chi connectivity index (χ0v) is 11.3. The average molecular weight is 273 g/mol. The minimum atomic E-state index is -2.91. The maximum Gasteiger partial charge on any atom is 0.152 e. The molecule has 18 heavy (non-hydrogen) atoms. The second kappa shape index (κ2) is 5.27. The number of anilines is 1. The Morgan fingerprint density at radius 2 is 2.39 bits per heavy atom. The van der Waals surface area contributed by atoms with Gasteiger partial charge in [0.15, 0.2) is 9.84 Å². The smallest absolute Gasteiger partial charge is 0.152 e. The van der Waals surface area contributed by atoms with Gasteiger partial charge in [-0.2, -0.15) is 5.10 Å². The van der Waals surface area contributed by atoms with Crippen LogP contribution in [0.3, 0.4) is 0 Å². The van der Waals surface area contributed by atoms with Crippen LogP contribution < -0.4 is 5.73 Å². The third kappa shape index (κ3) is 3.02. The van der Waals surface area contributed by atoms with Crippen LogP contribution in [0.2, 0.25) is 0 Å². The van der Waals surface area contributed by atoms with E-state index in [1.165, 1.54) is 0 Å². The molecule has 1 aromatic rings. The van der Waals surface area contributed by atoms with E-state index in [4.69, 9.17) is 10.5 Å². The number of hydrogen-bond acceptors (Lipinski definition) is 5. The molecular weight excluding hydrogens is 254 g/mol. The molecule has 0 aromatic carbocycles. The first-order valence-electron chi connectivity index (χ1n) is 6.14.